The minimum atomic E-state index is -4.63. The molecule has 1 aromatic heterocycles. The van der Waals surface area contributed by atoms with Crippen molar-refractivity contribution in [3.63, 3.8) is 0 Å². The number of nitrogens with zero attached hydrogens (tertiary/aromatic N) is 4. The normalized spacial score (nSPS) is 19.3. The number of benzene rings is 3. The molecule has 0 spiro atoms. The van der Waals surface area contributed by atoms with Crippen molar-refractivity contribution in [3.05, 3.63) is 93.9 Å². The van der Waals surface area contributed by atoms with E-state index in [1.165, 1.54) is 67.2 Å². The fourth-order valence-electron chi connectivity index (χ4n) is 5.79. The van der Waals surface area contributed by atoms with Crippen LogP contribution in [0.1, 0.15) is 24.3 Å². The summed E-state index contributed by atoms with van der Waals surface area (Å²) in [6.45, 7) is 1.93. The van der Waals surface area contributed by atoms with Crippen molar-refractivity contribution in [1.82, 2.24) is 9.88 Å². The zero-order chi connectivity index (χ0) is 31.9. The smallest absolute Gasteiger partial charge is 0.279 e. The van der Waals surface area contributed by atoms with Crippen molar-refractivity contribution in [2.45, 2.75) is 34.6 Å². The molecule has 2 fully saturated rings. The van der Waals surface area contributed by atoms with Gasteiger partial charge in [0.25, 0.3) is 20.0 Å². The quantitative estimate of drug-likeness (QED) is 0.220. The molecule has 0 saturated carbocycles. The minimum absolute atomic E-state index is 0.0677. The van der Waals surface area contributed by atoms with Gasteiger partial charge in [0.15, 0.2) is 0 Å². The fraction of sp³-hybridized carbons (Fsp3) is 0.267. The van der Waals surface area contributed by atoms with Crippen LogP contribution in [0.5, 0.6) is 5.75 Å². The molecule has 236 valence electrons. The van der Waals surface area contributed by atoms with Crippen LogP contribution in [0.2, 0.25) is 10.0 Å². The number of thiazole rings is 1. The number of halogens is 2. The lowest BCUT2D eigenvalue weighted by Gasteiger charge is -2.24. The van der Waals surface area contributed by atoms with E-state index in [4.69, 9.17) is 27.9 Å². The van der Waals surface area contributed by atoms with Crippen LogP contribution >= 0.6 is 34.5 Å². The van der Waals surface area contributed by atoms with E-state index in [0.717, 1.165) is 29.9 Å². The summed E-state index contributed by atoms with van der Waals surface area (Å²) in [6.07, 6.45) is 2.83. The van der Waals surface area contributed by atoms with Crippen LogP contribution < -0.4 is 13.3 Å². The van der Waals surface area contributed by atoms with Crippen molar-refractivity contribution in [2.24, 2.45) is 0 Å². The minimum Gasteiger partial charge on any atom is -0.497 e. The summed E-state index contributed by atoms with van der Waals surface area (Å²) in [6, 6.07) is 16.3. The molecule has 4 aromatic rings. The maximum atomic E-state index is 13.9. The second-order valence-corrected chi connectivity index (χ2v) is 16.2. The number of ether oxygens (including phenoxy) is 1. The second kappa shape index (κ2) is 12.5. The summed E-state index contributed by atoms with van der Waals surface area (Å²) >= 11 is 13.3. The van der Waals surface area contributed by atoms with Crippen molar-refractivity contribution in [2.75, 3.05) is 35.4 Å². The van der Waals surface area contributed by atoms with Crippen LogP contribution in [-0.4, -0.2) is 65.4 Å². The summed E-state index contributed by atoms with van der Waals surface area (Å²) in [7, 11) is -7.77. The highest BCUT2D eigenvalue weighted by Crippen LogP contribution is 2.36. The third-order valence-corrected chi connectivity index (χ3v) is 13.6. The van der Waals surface area contributed by atoms with E-state index in [1.807, 2.05) is 12.1 Å². The van der Waals surface area contributed by atoms with Crippen molar-refractivity contribution >= 4 is 71.3 Å². The highest BCUT2D eigenvalue weighted by atomic mass is 35.5. The van der Waals surface area contributed by atoms with E-state index < -0.39 is 20.0 Å². The van der Waals surface area contributed by atoms with Gasteiger partial charge in [-0.15, -0.1) is 15.0 Å². The largest absolute Gasteiger partial charge is 0.497 e. The molecule has 15 heteroatoms. The summed E-state index contributed by atoms with van der Waals surface area (Å²) in [5.74, 6) is 0.562. The summed E-state index contributed by atoms with van der Waals surface area (Å²) in [5.41, 5.74) is 1.58. The first-order chi connectivity index (χ1) is 21.5. The maximum absolute atomic E-state index is 13.9. The Morgan fingerprint density at radius 1 is 0.889 bits per heavy atom. The number of anilines is 2. The van der Waals surface area contributed by atoms with Gasteiger partial charge in [-0.3, -0.25) is 9.69 Å². The molecular weight excluding hydrogens is 679 g/mol. The molecule has 1 amide bonds. The average Bonchev–Trinajstić information content (AvgIpc) is 3.78. The standard InChI is InChI=1S/C30H28Cl2N4O6S3/c1-42-25-4-8-27(9-5-25)45(40,41)36(30-33-12-15-43-30)44(38,39)26-6-2-24(3-7-26)35-14-11-28(29(35)37)34-13-10-20(19-34)21-16-22(31)18-23(32)17-21/h2-9,12,15-18,20,28H,10-11,13-14,19H2,1H3. The Balaban J connectivity index is 1.21. The van der Waals surface area contributed by atoms with E-state index in [9.17, 15) is 21.6 Å². The Kier molecular flexibility index (Phi) is 8.85. The average molecular weight is 708 g/mol. The molecule has 0 bridgehead atoms. The molecule has 3 heterocycles. The van der Waals surface area contributed by atoms with Crippen LogP contribution in [-0.2, 0) is 24.8 Å². The molecule has 3 aromatic carbocycles. The number of methoxy groups -OCH3 is 1. The van der Waals surface area contributed by atoms with Gasteiger partial charge < -0.3 is 9.64 Å². The van der Waals surface area contributed by atoms with E-state index in [0.29, 0.717) is 44.7 Å². The highest BCUT2D eigenvalue weighted by molar-refractivity contribution is 8.10. The van der Waals surface area contributed by atoms with Crippen LogP contribution in [0.4, 0.5) is 10.8 Å². The zero-order valence-corrected chi connectivity index (χ0v) is 27.9. The van der Waals surface area contributed by atoms with Gasteiger partial charge in [-0.1, -0.05) is 23.2 Å². The van der Waals surface area contributed by atoms with Gasteiger partial charge in [0.05, 0.1) is 22.9 Å². The molecule has 10 nitrogen and oxygen atoms in total. The molecule has 45 heavy (non-hydrogen) atoms. The Hall–Kier alpha value is -3.20. The second-order valence-electron chi connectivity index (χ2n) is 10.7. The lowest BCUT2D eigenvalue weighted by molar-refractivity contribution is -0.121. The van der Waals surface area contributed by atoms with Gasteiger partial charge in [0.1, 0.15) is 5.75 Å². The van der Waals surface area contributed by atoms with Gasteiger partial charge in [0, 0.05) is 40.4 Å². The van der Waals surface area contributed by atoms with E-state index in [-0.39, 0.29) is 32.8 Å². The number of carbonyl (C=O) groups excluding carboxylic acids is 1. The summed E-state index contributed by atoms with van der Waals surface area (Å²) < 4.78 is 60.5. The SMILES string of the molecule is COc1ccc(S(=O)(=O)N(c2nccs2)S(=O)(=O)c2ccc(N3CCC(N4CCC(c5cc(Cl)cc(Cl)c5)C4)C3=O)cc2)cc1. The number of carbonyl (C=O) groups is 1. The third kappa shape index (κ3) is 6.17. The summed E-state index contributed by atoms with van der Waals surface area (Å²) in [4.78, 5) is 20.9. The van der Waals surface area contributed by atoms with E-state index in [2.05, 4.69) is 9.88 Å². The predicted octanol–water partition coefficient (Wildman–Crippen LogP) is 5.64. The van der Waals surface area contributed by atoms with Crippen LogP contribution in [0.3, 0.4) is 0 Å². The highest BCUT2D eigenvalue weighted by Gasteiger charge is 2.41. The van der Waals surface area contributed by atoms with E-state index >= 15 is 0 Å². The molecule has 2 atom stereocenters. The Labute approximate surface area is 275 Å². The number of hydrogen-bond acceptors (Lipinski definition) is 9. The van der Waals surface area contributed by atoms with Gasteiger partial charge in [-0.05, 0) is 97.6 Å². The zero-order valence-electron chi connectivity index (χ0n) is 23.9. The Bertz CT molecular complexity index is 1900. The molecule has 6 rings (SSSR count). The lowest BCUT2D eigenvalue weighted by atomic mass is 9.98. The number of likely N-dealkylation sites (tertiary alicyclic amines) is 1. The number of hydrogen-bond donors (Lipinski definition) is 0. The number of aromatic nitrogens is 1. The Morgan fingerprint density at radius 3 is 2.09 bits per heavy atom. The van der Waals surface area contributed by atoms with Crippen LogP contribution in [0.25, 0.3) is 0 Å². The summed E-state index contributed by atoms with van der Waals surface area (Å²) in [5, 5.41) is 2.43. The molecule has 2 aliphatic heterocycles. The van der Waals surface area contributed by atoms with Gasteiger partial charge in [-0.25, -0.2) is 4.98 Å². The molecule has 0 radical (unpaired) electrons. The van der Waals surface area contributed by atoms with E-state index in [1.54, 1.807) is 11.0 Å². The topological polar surface area (TPSA) is 117 Å². The van der Waals surface area contributed by atoms with Crippen molar-refractivity contribution in [3.8, 4) is 5.75 Å². The predicted molar refractivity (Wildman–Crippen MR) is 175 cm³/mol. The monoisotopic (exact) mass is 706 g/mol. The third-order valence-electron chi connectivity index (χ3n) is 8.01. The van der Waals surface area contributed by atoms with Gasteiger partial charge in [-0.2, -0.15) is 16.8 Å². The maximum Gasteiger partial charge on any atom is 0.279 e. The Morgan fingerprint density at radius 2 is 1.51 bits per heavy atom. The van der Waals surface area contributed by atoms with Gasteiger partial charge >= 0.3 is 0 Å². The first-order valence-corrected chi connectivity index (χ1v) is 18.5. The van der Waals surface area contributed by atoms with Crippen molar-refractivity contribution in [1.29, 1.82) is 0 Å². The van der Waals surface area contributed by atoms with Crippen molar-refractivity contribution < 1.29 is 26.4 Å². The number of amides is 1. The first kappa shape index (κ1) is 31.8. The lowest BCUT2D eigenvalue weighted by Crippen LogP contribution is -2.40. The number of rotatable bonds is 9. The molecule has 2 unspecified atom stereocenters. The van der Waals surface area contributed by atoms with Crippen LogP contribution in [0.15, 0.2) is 88.1 Å². The van der Waals surface area contributed by atoms with Crippen LogP contribution in [0, 0.1) is 0 Å². The molecular formula is C30H28Cl2N4O6S3. The molecule has 0 N–H and O–H groups in total. The number of sulfonamides is 2. The van der Waals surface area contributed by atoms with Gasteiger partial charge in [0.2, 0.25) is 11.0 Å². The molecule has 2 saturated heterocycles. The molecule has 2 aliphatic rings. The fourth-order valence-corrected chi connectivity index (χ4v) is 11.0. The molecule has 0 aliphatic carbocycles. The first-order valence-electron chi connectivity index (χ1n) is 13.9.